The molecule has 4 rings (SSSR count). The standard InChI is InChI=1S/C16H13N5O/c1-9(22)16-13-7-11(3-5-14(13)18-19-16)12-4-6-15-17-10(2)20-21(15)8-12/h3-8H,1-2H3,(H,18,19). The van der Waals surface area contributed by atoms with Gasteiger partial charge in [-0.05, 0) is 36.8 Å². The lowest BCUT2D eigenvalue weighted by Crippen LogP contribution is -1.93. The van der Waals surface area contributed by atoms with Crippen LogP contribution >= 0.6 is 0 Å². The number of nitrogens with zero attached hydrogens (tertiary/aromatic N) is 4. The molecule has 0 aliphatic rings. The molecule has 3 heterocycles. The maximum absolute atomic E-state index is 11.6. The highest BCUT2D eigenvalue weighted by Crippen LogP contribution is 2.25. The van der Waals surface area contributed by atoms with E-state index in [1.807, 2.05) is 43.5 Å². The van der Waals surface area contributed by atoms with Gasteiger partial charge in [-0.15, -0.1) is 0 Å². The molecule has 0 fully saturated rings. The summed E-state index contributed by atoms with van der Waals surface area (Å²) in [6.45, 7) is 3.38. The van der Waals surface area contributed by atoms with Gasteiger partial charge in [0.1, 0.15) is 11.5 Å². The summed E-state index contributed by atoms with van der Waals surface area (Å²) in [7, 11) is 0. The fraction of sp³-hybridized carbons (Fsp3) is 0.125. The zero-order valence-electron chi connectivity index (χ0n) is 12.2. The Labute approximate surface area is 125 Å². The van der Waals surface area contributed by atoms with Crippen LogP contribution in [0.2, 0.25) is 0 Å². The first-order chi connectivity index (χ1) is 10.6. The van der Waals surface area contributed by atoms with Crippen LogP contribution in [0.5, 0.6) is 0 Å². The second-order valence-electron chi connectivity index (χ2n) is 5.27. The van der Waals surface area contributed by atoms with Gasteiger partial charge in [0, 0.05) is 24.1 Å². The highest BCUT2D eigenvalue weighted by molar-refractivity contribution is 6.05. The molecule has 6 nitrogen and oxygen atoms in total. The zero-order chi connectivity index (χ0) is 15.3. The normalized spacial score (nSPS) is 11.4. The first-order valence-electron chi connectivity index (χ1n) is 6.94. The Bertz CT molecular complexity index is 1030. The topological polar surface area (TPSA) is 75.9 Å². The van der Waals surface area contributed by atoms with Crippen LogP contribution in [-0.2, 0) is 0 Å². The van der Waals surface area contributed by atoms with Crippen LogP contribution in [0.1, 0.15) is 23.2 Å². The highest BCUT2D eigenvalue weighted by atomic mass is 16.1. The summed E-state index contributed by atoms with van der Waals surface area (Å²) >= 11 is 0. The molecule has 0 radical (unpaired) electrons. The van der Waals surface area contributed by atoms with E-state index in [1.165, 1.54) is 6.92 Å². The van der Waals surface area contributed by atoms with Crippen molar-refractivity contribution in [2.75, 3.05) is 0 Å². The van der Waals surface area contributed by atoms with Gasteiger partial charge in [0.05, 0.1) is 5.52 Å². The van der Waals surface area contributed by atoms with Gasteiger partial charge in [-0.1, -0.05) is 6.07 Å². The summed E-state index contributed by atoms with van der Waals surface area (Å²) in [5.41, 5.74) is 4.15. The van der Waals surface area contributed by atoms with E-state index in [4.69, 9.17) is 0 Å². The molecule has 0 saturated heterocycles. The average Bonchev–Trinajstić information content (AvgIpc) is 3.07. The number of ketones is 1. The van der Waals surface area contributed by atoms with E-state index in [9.17, 15) is 4.79 Å². The largest absolute Gasteiger partial charge is 0.293 e. The van der Waals surface area contributed by atoms with E-state index in [0.29, 0.717) is 5.69 Å². The number of fused-ring (bicyclic) bond motifs is 2. The van der Waals surface area contributed by atoms with E-state index < -0.39 is 0 Å². The van der Waals surface area contributed by atoms with Gasteiger partial charge in [0.2, 0.25) is 0 Å². The lowest BCUT2D eigenvalue weighted by Gasteiger charge is -2.03. The van der Waals surface area contributed by atoms with Gasteiger partial charge in [-0.25, -0.2) is 9.50 Å². The predicted octanol–water partition coefficient (Wildman–Crippen LogP) is 2.78. The minimum atomic E-state index is -0.0502. The van der Waals surface area contributed by atoms with Crippen molar-refractivity contribution in [1.29, 1.82) is 0 Å². The molecule has 0 bridgehead atoms. The molecule has 6 heteroatoms. The number of H-pyrrole nitrogens is 1. The van der Waals surface area contributed by atoms with Gasteiger partial charge in [0.15, 0.2) is 11.4 Å². The fourth-order valence-corrected chi connectivity index (χ4v) is 2.63. The third-order valence-electron chi connectivity index (χ3n) is 3.67. The molecule has 0 spiro atoms. The van der Waals surface area contributed by atoms with Crippen molar-refractivity contribution in [2.45, 2.75) is 13.8 Å². The summed E-state index contributed by atoms with van der Waals surface area (Å²) in [4.78, 5) is 16.0. The van der Waals surface area contributed by atoms with Crippen LogP contribution in [0, 0.1) is 6.92 Å². The Balaban J connectivity index is 1.91. The molecule has 0 saturated carbocycles. The van der Waals surface area contributed by atoms with Crippen LogP contribution in [-0.4, -0.2) is 30.6 Å². The first kappa shape index (κ1) is 12.7. The Kier molecular flexibility index (Phi) is 2.59. The molecule has 4 aromatic rings. The summed E-state index contributed by atoms with van der Waals surface area (Å²) in [6.07, 6.45) is 1.93. The highest BCUT2D eigenvalue weighted by Gasteiger charge is 2.11. The molecule has 0 unspecified atom stereocenters. The zero-order valence-corrected chi connectivity index (χ0v) is 12.2. The Morgan fingerprint density at radius 2 is 2.00 bits per heavy atom. The summed E-state index contributed by atoms with van der Waals surface area (Å²) in [6, 6.07) is 9.83. The number of carbonyl (C=O) groups is 1. The second-order valence-corrected chi connectivity index (χ2v) is 5.27. The Morgan fingerprint density at radius 3 is 2.82 bits per heavy atom. The molecule has 0 aliphatic heterocycles. The number of aryl methyl sites for hydroxylation is 1. The molecular weight excluding hydrogens is 278 g/mol. The number of carbonyl (C=O) groups excluding carboxylic acids is 1. The summed E-state index contributed by atoms with van der Waals surface area (Å²) in [5.74, 6) is 0.687. The van der Waals surface area contributed by atoms with Crippen molar-refractivity contribution in [3.05, 3.63) is 48.0 Å². The van der Waals surface area contributed by atoms with Crippen molar-refractivity contribution in [3.63, 3.8) is 0 Å². The lowest BCUT2D eigenvalue weighted by molar-refractivity contribution is 0.101. The molecule has 22 heavy (non-hydrogen) atoms. The monoisotopic (exact) mass is 291 g/mol. The third-order valence-corrected chi connectivity index (χ3v) is 3.67. The van der Waals surface area contributed by atoms with Gasteiger partial charge in [-0.2, -0.15) is 10.2 Å². The molecule has 3 aromatic heterocycles. The number of hydrogen-bond donors (Lipinski definition) is 1. The predicted molar refractivity (Wildman–Crippen MR) is 82.8 cm³/mol. The maximum Gasteiger partial charge on any atom is 0.180 e. The molecule has 1 N–H and O–H groups in total. The average molecular weight is 291 g/mol. The lowest BCUT2D eigenvalue weighted by atomic mass is 10.0. The van der Waals surface area contributed by atoms with E-state index in [0.717, 1.165) is 33.5 Å². The van der Waals surface area contributed by atoms with Crippen molar-refractivity contribution in [1.82, 2.24) is 24.8 Å². The SMILES string of the molecule is CC(=O)c1n[nH]c2ccc(-c3ccc4nc(C)nn4c3)cc12. The van der Waals surface area contributed by atoms with Crippen molar-refractivity contribution in [2.24, 2.45) is 0 Å². The summed E-state index contributed by atoms with van der Waals surface area (Å²) in [5, 5.41) is 12.1. The smallest absolute Gasteiger partial charge is 0.180 e. The number of nitrogens with one attached hydrogen (secondary N) is 1. The van der Waals surface area contributed by atoms with Crippen molar-refractivity contribution >= 4 is 22.3 Å². The number of Topliss-reactive ketones (excluding diaryl/α,β-unsaturated/α-hetero) is 1. The molecule has 0 aliphatic carbocycles. The third kappa shape index (κ3) is 1.88. The van der Waals surface area contributed by atoms with Crippen LogP contribution in [0.3, 0.4) is 0 Å². The van der Waals surface area contributed by atoms with E-state index in [2.05, 4.69) is 20.3 Å². The molecule has 0 amide bonds. The van der Waals surface area contributed by atoms with E-state index in [1.54, 1.807) is 4.52 Å². The van der Waals surface area contributed by atoms with Crippen LogP contribution in [0.15, 0.2) is 36.5 Å². The van der Waals surface area contributed by atoms with Crippen LogP contribution < -0.4 is 0 Å². The van der Waals surface area contributed by atoms with Crippen LogP contribution in [0.4, 0.5) is 0 Å². The maximum atomic E-state index is 11.6. The number of rotatable bonds is 2. The van der Waals surface area contributed by atoms with Gasteiger partial charge in [-0.3, -0.25) is 9.89 Å². The molecule has 1 aromatic carbocycles. The summed E-state index contributed by atoms with van der Waals surface area (Å²) < 4.78 is 1.76. The number of aromatic nitrogens is 5. The molecular formula is C16H13N5O. The number of pyridine rings is 1. The Hall–Kier alpha value is -3.02. The number of benzene rings is 1. The Morgan fingerprint density at radius 1 is 1.18 bits per heavy atom. The molecule has 108 valence electrons. The quantitative estimate of drug-likeness (QED) is 0.576. The van der Waals surface area contributed by atoms with Crippen LogP contribution in [0.25, 0.3) is 27.7 Å². The van der Waals surface area contributed by atoms with E-state index >= 15 is 0 Å². The minimum Gasteiger partial charge on any atom is -0.293 e. The number of hydrogen-bond acceptors (Lipinski definition) is 4. The van der Waals surface area contributed by atoms with Crippen molar-refractivity contribution < 1.29 is 4.79 Å². The van der Waals surface area contributed by atoms with Crippen molar-refractivity contribution in [3.8, 4) is 11.1 Å². The second kappa shape index (κ2) is 4.49. The minimum absolute atomic E-state index is 0.0502. The molecule has 0 atom stereocenters. The van der Waals surface area contributed by atoms with Gasteiger partial charge >= 0.3 is 0 Å². The van der Waals surface area contributed by atoms with Gasteiger partial charge < -0.3 is 0 Å². The fourth-order valence-electron chi connectivity index (χ4n) is 2.63. The number of aromatic amines is 1. The van der Waals surface area contributed by atoms with Gasteiger partial charge in [0.25, 0.3) is 0 Å². The first-order valence-corrected chi connectivity index (χ1v) is 6.94. The van der Waals surface area contributed by atoms with E-state index in [-0.39, 0.29) is 5.78 Å².